The Morgan fingerprint density at radius 2 is 1.78 bits per heavy atom. The molecular formula is C25H25F3N2O6. The molecule has 11 heteroatoms. The summed E-state index contributed by atoms with van der Waals surface area (Å²) < 4.78 is 44.8. The fourth-order valence-corrected chi connectivity index (χ4v) is 4.94. The van der Waals surface area contributed by atoms with E-state index in [0.717, 1.165) is 17.0 Å². The Hall–Kier alpha value is -3.44. The highest BCUT2D eigenvalue weighted by molar-refractivity contribution is 6.09. The third-order valence-electron chi connectivity index (χ3n) is 6.73. The van der Waals surface area contributed by atoms with Gasteiger partial charge in [-0.05, 0) is 42.3 Å². The van der Waals surface area contributed by atoms with Crippen LogP contribution in [0.5, 0.6) is 11.5 Å². The number of hydrogen-bond acceptors (Lipinski definition) is 6. The van der Waals surface area contributed by atoms with Gasteiger partial charge in [-0.15, -0.1) is 0 Å². The Balaban J connectivity index is 1.69. The number of nitrogens with one attached hydrogen (secondary N) is 1. The molecule has 0 saturated carbocycles. The highest BCUT2D eigenvalue weighted by Gasteiger charge is 2.68. The second-order valence-electron chi connectivity index (χ2n) is 8.94. The Labute approximate surface area is 204 Å². The molecule has 0 bridgehead atoms. The Kier molecular flexibility index (Phi) is 6.80. The lowest BCUT2D eigenvalue weighted by atomic mass is 9.79. The average Bonchev–Trinajstić information content (AvgIpc) is 3.32. The van der Waals surface area contributed by atoms with Crippen LogP contribution in [0.15, 0.2) is 48.5 Å². The van der Waals surface area contributed by atoms with Gasteiger partial charge in [0.2, 0.25) is 11.8 Å². The summed E-state index contributed by atoms with van der Waals surface area (Å²) in [6, 6.07) is 9.49. The number of nitrogens with zero attached hydrogens (tertiary/aromatic N) is 1. The molecule has 192 valence electrons. The maximum atomic E-state index is 13.3. The number of ether oxygens (including phenoxy) is 1. The smallest absolute Gasteiger partial charge is 0.416 e. The number of amides is 2. The number of carbonyl (C=O) groups excluding carboxylic acids is 2. The number of carboxylic acids is 1. The van der Waals surface area contributed by atoms with Gasteiger partial charge in [-0.3, -0.25) is 24.6 Å². The molecule has 4 unspecified atom stereocenters. The number of rotatable bonds is 8. The first kappa shape index (κ1) is 25.6. The molecule has 36 heavy (non-hydrogen) atoms. The number of fused-ring (bicyclic) bond motifs is 1. The van der Waals surface area contributed by atoms with Gasteiger partial charge in [0, 0.05) is 12.6 Å². The normalized spacial score (nSPS) is 25.8. The molecule has 2 aliphatic heterocycles. The van der Waals surface area contributed by atoms with E-state index in [-0.39, 0.29) is 18.0 Å². The molecule has 3 N–H and O–H groups in total. The summed E-state index contributed by atoms with van der Waals surface area (Å²) >= 11 is 0. The van der Waals surface area contributed by atoms with Crippen LogP contribution in [-0.2, 0) is 20.6 Å². The van der Waals surface area contributed by atoms with E-state index in [2.05, 4.69) is 5.32 Å². The minimum Gasteiger partial charge on any atom is -0.480 e. The predicted molar refractivity (Wildman–Crippen MR) is 120 cm³/mol. The summed E-state index contributed by atoms with van der Waals surface area (Å²) in [7, 11) is 0. The third-order valence-corrected chi connectivity index (χ3v) is 6.73. The summed E-state index contributed by atoms with van der Waals surface area (Å²) in [5.41, 5.74) is -2.56. The number of unbranched alkanes of at least 4 members (excludes halogenated alkanes) is 1. The Morgan fingerprint density at radius 3 is 2.39 bits per heavy atom. The van der Waals surface area contributed by atoms with Crippen molar-refractivity contribution >= 4 is 17.8 Å². The monoisotopic (exact) mass is 506 g/mol. The van der Waals surface area contributed by atoms with Crippen molar-refractivity contribution in [2.45, 2.75) is 37.5 Å². The van der Waals surface area contributed by atoms with Crippen molar-refractivity contribution < 1.29 is 42.5 Å². The van der Waals surface area contributed by atoms with E-state index >= 15 is 0 Å². The average molecular weight is 506 g/mol. The van der Waals surface area contributed by atoms with Crippen LogP contribution in [-0.4, -0.2) is 51.6 Å². The number of aliphatic carboxylic acids is 1. The largest absolute Gasteiger partial charge is 0.480 e. The van der Waals surface area contributed by atoms with Crippen LogP contribution < -0.4 is 10.1 Å². The second-order valence-corrected chi connectivity index (χ2v) is 8.94. The van der Waals surface area contributed by atoms with Crippen molar-refractivity contribution in [2.75, 3.05) is 13.2 Å². The molecule has 2 heterocycles. The zero-order valence-corrected chi connectivity index (χ0v) is 19.3. The predicted octanol–water partition coefficient (Wildman–Crippen LogP) is 3.36. The van der Waals surface area contributed by atoms with Crippen molar-refractivity contribution in [2.24, 2.45) is 11.8 Å². The summed E-state index contributed by atoms with van der Waals surface area (Å²) in [5.74, 6) is -4.95. The lowest BCUT2D eigenvalue weighted by molar-refractivity contribution is -0.153. The van der Waals surface area contributed by atoms with E-state index in [4.69, 9.17) is 4.74 Å². The number of benzene rings is 2. The number of hydrogen-bond donors (Lipinski definition) is 3. The topological polar surface area (TPSA) is 116 Å². The number of carboxylic acid groups (broad SMARTS) is 1. The lowest BCUT2D eigenvalue weighted by Crippen LogP contribution is -2.58. The van der Waals surface area contributed by atoms with Gasteiger partial charge in [0.1, 0.15) is 11.5 Å². The molecule has 0 aromatic heterocycles. The first-order valence-corrected chi connectivity index (χ1v) is 11.5. The molecule has 0 radical (unpaired) electrons. The molecule has 8 nitrogen and oxygen atoms in total. The minimum absolute atomic E-state index is 0.0627. The molecule has 2 aromatic rings. The van der Waals surface area contributed by atoms with E-state index in [1.54, 1.807) is 12.1 Å². The minimum atomic E-state index is -4.55. The summed E-state index contributed by atoms with van der Waals surface area (Å²) in [6.07, 6.45) is -3.28. The van der Waals surface area contributed by atoms with Gasteiger partial charge in [-0.2, -0.15) is 13.2 Å². The second kappa shape index (κ2) is 9.55. The lowest BCUT2D eigenvalue weighted by Gasteiger charge is -2.29. The Morgan fingerprint density at radius 1 is 1.11 bits per heavy atom. The van der Waals surface area contributed by atoms with E-state index < -0.39 is 59.5 Å². The van der Waals surface area contributed by atoms with Gasteiger partial charge >= 0.3 is 12.1 Å². The fraction of sp³-hybridized carbons (Fsp3) is 0.400. The Bertz CT molecular complexity index is 1190. The number of aliphatic hydroxyl groups is 1. The number of likely N-dealkylation sites (tertiary alicyclic amines) is 1. The molecular weight excluding hydrogens is 481 g/mol. The molecule has 2 fully saturated rings. The number of imide groups is 1. The van der Waals surface area contributed by atoms with E-state index in [1.807, 2.05) is 6.92 Å². The van der Waals surface area contributed by atoms with Crippen molar-refractivity contribution in [1.82, 2.24) is 10.2 Å². The van der Waals surface area contributed by atoms with Crippen LogP contribution in [0.25, 0.3) is 0 Å². The van der Waals surface area contributed by atoms with E-state index in [0.29, 0.717) is 18.4 Å². The molecule has 2 saturated heterocycles. The maximum absolute atomic E-state index is 13.3. The standard InChI is InChI=1S/C25H25F3N2O6/c1-2-3-10-30-21(32)18-19(22(30)33)24(13-31,23(34)35)29-20(18)14-6-4-8-16(11-14)36-17-9-5-7-15(12-17)25(26,27)28/h4-9,11-12,18-20,29,31H,2-3,10,13H2,1H3,(H,34,35). The van der Waals surface area contributed by atoms with Crippen LogP contribution >= 0.6 is 0 Å². The number of halogens is 3. The number of carbonyl (C=O) groups is 3. The van der Waals surface area contributed by atoms with Crippen LogP contribution in [0, 0.1) is 11.8 Å². The first-order valence-electron chi connectivity index (χ1n) is 11.5. The number of aliphatic hydroxyl groups excluding tert-OH is 1. The summed E-state index contributed by atoms with van der Waals surface area (Å²) in [5, 5.41) is 22.8. The molecule has 2 amide bonds. The molecule has 4 rings (SSSR count). The molecule has 2 aromatic carbocycles. The highest BCUT2D eigenvalue weighted by atomic mass is 19.4. The fourth-order valence-electron chi connectivity index (χ4n) is 4.94. The zero-order valence-electron chi connectivity index (χ0n) is 19.3. The summed E-state index contributed by atoms with van der Waals surface area (Å²) in [6.45, 7) is 1.12. The van der Waals surface area contributed by atoms with Gasteiger partial charge in [0.15, 0.2) is 5.54 Å². The number of alkyl halides is 3. The molecule has 0 spiro atoms. The SMILES string of the molecule is CCCCN1C(=O)C2C(c3cccc(Oc4cccc(C(F)(F)F)c4)c3)NC(CO)(C(=O)O)C2C1=O. The van der Waals surface area contributed by atoms with Crippen molar-refractivity contribution in [3.05, 3.63) is 59.7 Å². The summed E-state index contributed by atoms with van der Waals surface area (Å²) in [4.78, 5) is 39.7. The van der Waals surface area contributed by atoms with Crippen LogP contribution in [0.4, 0.5) is 13.2 Å². The van der Waals surface area contributed by atoms with Crippen molar-refractivity contribution in [1.29, 1.82) is 0 Å². The zero-order chi connectivity index (χ0) is 26.3. The van der Waals surface area contributed by atoms with Gasteiger partial charge in [0.25, 0.3) is 0 Å². The quantitative estimate of drug-likeness (QED) is 0.470. The van der Waals surface area contributed by atoms with Gasteiger partial charge in [0.05, 0.1) is 24.0 Å². The van der Waals surface area contributed by atoms with Crippen LogP contribution in [0.1, 0.15) is 36.9 Å². The third kappa shape index (κ3) is 4.33. The van der Waals surface area contributed by atoms with E-state index in [1.165, 1.54) is 24.3 Å². The van der Waals surface area contributed by atoms with Crippen LogP contribution in [0.2, 0.25) is 0 Å². The molecule has 2 aliphatic rings. The molecule has 4 atom stereocenters. The van der Waals surface area contributed by atoms with Gasteiger partial charge in [-0.1, -0.05) is 31.5 Å². The van der Waals surface area contributed by atoms with Crippen LogP contribution in [0.3, 0.4) is 0 Å². The molecule has 0 aliphatic carbocycles. The van der Waals surface area contributed by atoms with Crippen molar-refractivity contribution in [3.63, 3.8) is 0 Å². The van der Waals surface area contributed by atoms with Gasteiger partial charge in [-0.25, -0.2) is 0 Å². The maximum Gasteiger partial charge on any atom is 0.416 e. The van der Waals surface area contributed by atoms with E-state index in [9.17, 15) is 37.8 Å². The first-order chi connectivity index (χ1) is 17.0. The van der Waals surface area contributed by atoms with Crippen molar-refractivity contribution in [3.8, 4) is 11.5 Å². The van der Waals surface area contributed by atoms with Gasteiger partial charge < -0.3 is 14.9 Å². The highest BCUT2D eigenvalue weighted by Crippen LogP contribution is 2.49.